The highest BCUT2D eigenvalue weighted by atomic mass is 16.5. The summed E-state index contributed by atoms with van der Waals surface area (Å²) in [6.45, 7) is 3.92. The summed E-state index contributed by atoms with van der Waals surface area (Å²) in [6.07, 6.45) is 7.92. The van der Waals surface area contributed by atoms with Crippen LogP contribution in [-0.4, -0.2) is 69.7 Å². The molecule has 2 aromatic rings. The Morgan fingerprint density at radius 3 is 2.72 bits per heavy atom. The average Bonchev–Trinajstić information content (AvgIpc) is 3.35. The van der Waals surface area contributed by atoms with Crippen molar-refractivity contribution >= 4 is 5.91 Å². The zero-order valence-electron chi connectivity index (χ0n) is 18.6. The van der Waals surface area contributed by atoms with Gasteiger partial charge in [0, 0.05) is 25.7 Å². The molecule has 0 radical (unpaired) electrons. The lowest BCUT2D eigenvalue weighted by atomic mass is 10.0. The van der Waals surface area contributed by atoms with Crippen molar-refractivity contribution in [2.45, 2.75) is 51.2 Å². The van der Waals surface area contributed by atoms with E-state index in [2.05, 4.69) is 9.88 Å². The lowest BCUT2D eigenvalue weighted by Gasteiger charge is -2.36. The molecule has 0 saturated carbocycles. The number of piperidine rings is 1. The van der Waals surface area contributed by atoms with Crippen LogP contribution in [0.3, 0.4) is 0 Å². The highest BCUT2D eigenvalue weighted by Gasteiger charge is 2.30. The Bertz CT molecular complexity index is 914. The molecule has 1 unspecified atom stereocenters. The number of likely N-dealkylation sites (tertiary alicyclic amines) is 2. The van der Waals surface area contributed by atoms with E-state index in [9.17, 15) is 15.0 Å². The first-order chi connectivity index (χ1) is 15.7. The molecule has 2 aliphatic rings. The number of aliphatic hydroxyl groups is 1. The van der Waals surface area contributed by atoms with Crippen LogP contribution in [0.5, 0.6) is 11.5 Å². The number of amides is 1. The van der Waals surface area contributed by atoms with Crippen LogP contribution in [-0.2, 0) is 13.0 Å². The van der Waals surface area contributed by atoms with Crippen molar-refractivity contribution in [2.75, 3.05) is 32.8 Å². The van der Waals surface area contributed by atoms with Crippen molar-refractivity contribution < 1.29 is 19.7 Å². The van der Waals surface area contributed by atoms with Crippen molar-refractivity contribution in [3.05, 3.63) is 53.3 Å². The van der Waals surface area contributed by atoms with Crippen LogP contribution >= 0.6 is 0 Å². The molecule has 1 aromatic heterocycles. The highest BCUT2D eigenvalue weighted by molar-refractivity contribution is 5.95. The second kappa shape index (κ2) is 10.8. The number of phenols is 1. The first-order valence-electron chi connectivity index (χ1n) is 11.7. The van der Waals surface area contributed by atoms with Crippen molar-refractivity contribution in [3.8, 4) is 11.5 Å². The second-order valence-electron chi connectivity index (χ2n) is 8.67. The summed E-state index contributed by atoms with van der Waals surface area (Å²) in [5.74, 6) is 0.485. The largest absolute Gasteiger partial charge is 0.507 e. The van der Waals surface area contributed by atoms with Gasteiger partial charge in [-0.05, 0) is 69.5 Å². The number of carbonyl (C=O) groups is 1. The minimum absolute atomic E-state index is 0.0135. The number of benzene rings is 1. The van der Waals surface area contributed by atoms with E-state index in [0.717, 1.165) is 51.0 Å². The highest BCUT2D eigenvalue weighted by Crippen LogP contribution is 2.29. The number of aliphatic hydroxyl groups excluding tert-OH is 1. The second-order valence-corrected chi connectivity index (χ2v) is 8.67. The van der Waals surface area contributed by atoms with Gasteiger partial charge >= 0.3 is 0 Å². The third-order valence-electron chi connectivity index (χ3n) is 6.57. The third-order valence-corrected chi connectivity index (χ3v) is 6.57. The summed E-state index contributed by atoms with van der Waals surface area (Å²) >= 11 is 0. The van der Waals surface area contributed by atoms with Crippen molar-refractivity contribution in [3.63, 3.8) is 0 Å². The molecule has 0 aliphatic carbocycles. The maximum Gasteiger partial charge on any atom is 0.256 e. The van der Waals surface area contributed by atoms with Gasteiger partial charge < -0.3 is 24.7 Å². The quantitative estimate of drug-likeness (QED) is 0.658. The predicted molar refractivity (Wildman–Crippen MR) is 122 cm³/mol. The molecule has 1 aromatic carbocycles. The maximum atomic E-state index is 13.6. The van der Waals surface area contributed by atoms with Crippen molar-refractivity contribution in [1.82, 2.24) is 14.8 Å². The van der Waals surface area contributed by atoms with Crippen LogP contribution in [0.4, 0.5) is 0 Å². The number of ether oxygens (including phenoxy) is 1. The Morgan fingerprint density at radius 1 is 1.09 bits per heavy atom. The summed E-state index contributed by atoms with van der Waals surface area (Å²) in [7, 11) is 0. The zero-order valence-corrected chi connectivity index (χ0v) is 18.6. The summed E-state index contributed by atoms with van der Waals surface area (Å²) in [6, 6.07) is 8.62. The van der Waals surface area contributed by atoms with Crippen LogP contribution < -0.4 is 4.74 Å². The topological polar surface area (TPSA) is 86.1 Å². The molecule has 0 bridgehead atoms. The Morgan fingerprint density at radius 2 is 1.91 bits per heavy atom. The molecular weight excluding hydrogens is 406 g/mol. The van der Waals surface area contributed by atoms with Gasteiger partial charge in [-0.2, -0.15) is 0 Å². The van der Waals surface area contributed by atoms with Gasteiger partial charge in [0.1, 0.15) is 18.1 Å². The fraction of sp³-hybridized carbons (Fsp3) is 0.520. The normalized spacial score (nSPS) is 19.3. The molecule has 2 aliphatic heterocycles. The first kappa shape index (κ1) is 22.6. The van der Waals surface area contributed by atoms with Crippen molar-refractivity contribution in [2.24, 2.45) is 0 Å². The first-order valence-corrected chi connectivity index (χ1v) is 11.7. The molecule has 2 fully saturated rings. The van der Waals surface area contributed by atoms with E-state index in [1.54, 1.807) is 18.3 Å². The molecule has 1 amide bonds. The Balaban J connectivity index is 1.45. The molecule has 7 nitrogen and oxygen atoms in total. The van der Waals surface area contributed by atoms with E-state index >= 15 is 0 Å². The van der Waals surface area contributed by atoms with Crippen molar-refractivity contribution in [1.29, 1.82) is 0 Å². The smallest absolute Gasteiger partial charge is 0.256 e. The van der Waals surface area contributed by atoms with E-state index in [1.807, 2.05) is 17.0 Å². The summed E-state index contributed by atoms with van der Waals surface area (Å²) in [5, 5.41) is 19.5. The third kappa shape index (κ3) is 5.22. The lowest BCUT2D eigenvalue weighted by Crippen LogP contribution is -2.47. The fourth-order valence-electron chi connectivity index (χ4n) is 4.73. The van der Waals surface area contributed by atoms with Crippen LogP contribution in [0, 0.1) is 0 Å². The molecule has 0 spiro atoms. The van der Waals surface area contributed by atoms with Gasteiger partial charge in [0.05, 0.1) is 29.5 Å². The maximum absolute atomic E-state index is 13.6. The van der Waals surface area contributed by atoms with E-state index < -0.39 is 0 Å². The SMILES string of the molecule is O=C(c1cccnc1CCN1CCCC1)N1CCCCC1COc1cccc(O)c1CO. The Kier molecular flexibility index (Phi) is 7.60. The molecule has 7 heteroatoms. The number of aromatic hydroxyl groups is 1. The molecule has 172 valence electrons. The number of nitrogens with zero attached hydrogens (tertiary/aromatic N) is 3. The van der Waals surface area contributed by atoms with Gasteiger partial charge in [-0.15, -0.1) is 0 Å². The monoisotopic (exact) mass is 439 g/mol. The fourth-order valence-corrected chi connectivity index (χ4v) is 4.73. The number of aromatic nitrogens is 1. The molecule has 2 saturated heterocycles. The van der Waals surface area contributed by atoms with Crippen LogP contribution in [0.1, 0.15) is 53.7 Å². The van der Waals surface area contributed by atoms with Gasteiger partial charge in [-0.3, -0.25) is 9.78 Å². The van der Waals surface area contributed by atoms with Crippen LogP contribution in [0.15, 0.2) is 36.5 Å². The number of pyridine rings is 1. The molecule has 2 N–H and O–H groups in total. The minimum atomic E-state index is -0.300. The molecule has 1 atom stereocenters. The molecule has 4 rings (SSSR count). The molecular formula is C25H33N3O4. The van der Waals surface area contributed by atoms with E-state index in [-0.39, 0.29) is 24.3 Å². The number of rotatable bonds is 8. The standard InChI is InChI=1S/C25H33N3O4/c29-17-21-23(30)9-5-10-24(21)32-18-19-7-1-2-15-28(19)25(31)20-8-6-12-26-22(20)11-16-27-13-3-4-14-27/h5-6,8-10,12,19,29-30H,1-4,7,11,13-18H2. The molecule has 32 heavy (non-hydrogen) atoms. The van der Waals surface area contributed by atoms with Gasteiger partial charge in [-0.25, -0.2) is 0 Å². The number of hydrogen-bond donors (Lipinski definition) is 2. The summed E-state index contributed by atoms with van der Waals surface area (Å²) < 4.78 is 5.97. The number of hydrogen-bond acceptors (Lipinski definition) is 6. The average molecular weight is 440 g/mol. The van der Waals surface area contributed by atoms with Crippen LogP contribution in [0.25, 0.3) is 0 Å². The summed E-state index contributed by atoms with van der Waals surface area (Å²) in [5.41, 5.74) is 1.93. The Hall–Kier alpha value is -2.64. The van der Waals surface area contributed by atoms with Gasteiger partial charge in [0.2, 0.25) is 0 Å². The van der Waals surface area contributed by atoms with Crippen LogP contribution in [0.2, 0.25) is 0 Å². The van der Waals surface area contributed by atoms with Gasteiger partial charge in [0.25, 0.3) is 5.91 Å². The van der Waals surface area contributed by atoms with Gasteiger partial charge in [0.15, 0.2) is 0 Å². The minimum Gasteiger partial charge on any atom is -0.507 e. The Labute approximate surface area is 189 Å². The number of carbonyl (C=O) groups excluding carboxylic acids is 1. The lowest BCUT2D eigenvalue weighted by molar-refractivity contribution is 0.0524. The summed E-state index contributed by atoms with van der Waals surface area (Å²) in [4.78, 5) is 22.5. The zero-order chi connectivity index (χ0) is 22.3. The van der Waals surface area contributed by atoms with Gasteiger partial charge in [-0.1, -0.05) is 6.07 Å². The molecule has 3 heterocycles. The van der Waals surface area contributed by atoms with E-state index in [4.69, 9.17) is 4.74 Å². The van der Waals surface area contributed by atoms with E-state index in [1.165, 1.54) is 18.9 Å². The van der Waals surface area contributed by atoms with E-state index in [0.29, 0.717) is 30.0 Å². The predicted octanol–water partition coefficient (Wildman–Crippen LogP) is 2.99.